The van der Waals surface area contributed by atoms with Crippen molar-refractivity contribution in [3.05, 3.63) is 21.6 Å². The van der Waals surface area contributed by atoms with Gasteiger partial charge in [-0.2, -0.15) is 0 Å². The van der Waals surface area contributed by atoms with E-state index in [1.807, 2.05) is 0 Å². The van der Waals surface area contributed by atoms with Gasteiger partial charge in [0.1, 0.15) is 0 Å². The third-order valence-corrected chi connectivity index (χ3v) is 1.66. The molecule has 0 aliphatic heterocycles. The third-order valence-electron chi connectivity index (χ3n) is 1.27. The molecule has 1 heterocycles. The van der Waals surface area contributed by atoms with Crippen LogP contribution in [0.3, 0.4) is 0 Å². The van der Waals surface area contributed by atoms with Crippen molar-refractivity contribution in [2.45, 2.75) is 6.54 Å². The summed E-state index contributed by atoms with van der Waals surface area (Å²) in [5, 5.41) is 18.7. The zero-order chi connectivity index (χ0) is 9.14. The predicted octanol–water partition coefficient (Wildman–Crippen LogP) is 0.437. The summed E-state index contributed by atoms with van der Waals surface area (Å²) in [6.45, 7) is 0.0763. The molecule has 0 aromatic carbocycles. The molecule has 0 fully saturated rings. The summed E-state index contributed by atoms with van der Waals surface area (Å²) in [4.78, 5) is 13.0. The van der Waals surface area contributed by atoms with Crippen LogP contribution in [0.2, 0.25) is 5.15 Å². The molecule has 0 aliphatic rings. The van der Waals surface area contributed by atoms with Crippen LogP contribution in [0.1, 0.15) is 0 Å². The SMILES string of the molecule is O=[N+]([O-])c1ncn(CCO)c1Cl. The summed E-state index contributed by atoms with van der Waals surface area (Å²) in [5.41, 5.74) is 0. The van der Waals surface area contributed by atoms with Crippen LogP contribution in [0.15, 0.2) is 6.33 Å². The van der Waals surface area contributed by atoms with Gasteiger partial charge in [0.2, 0.25) is 11.5 Å². The molecule has 1 N–H and O–H groups in total. The highest BCUT2D eigenvalue weighted by atomic mass is 35.5. The van der Waals surface area contributed by atoms with Crippen LogP contribution >= 0.6 is 11.6 Å². The summed E-state index contributed by atoms with van der Waals surface area (Å²) in [6, 6.07) is 0. The van der Waals surface area contributed by atoms with Crippen molar-refractivity contribution >= 4 is 17.4 Å². The van der Waals surface area contributed by atoms with Crippen LogP contribution in [0.4, 0.5) is 5.82 Å². The lowest BCUT2D eigenvalue weighted by atomic mass is 10.6. The van der Waals surface area contributed by atoms with E-state index < -0.39 is 4.92 Å². The molecule has 1 aromatic heterocycles. The van der Waals surface area contributed by atoms with Gasteiger partial charge >= 0.3 is 5.82 Å². The maximum atomic E-state index is 10.2. The van der Waals surface area contributed by atoms with Gasteiger partial charge in [0, 0.05) is 0 Å². The van der Waals surface area contributed by atoms with Crippen molar-refractivity contribution in [1.29, 1.82) is 0 Å². The summed E-state index contributed by atoms with van der Waals surface area (Å²) in [7, 11) is 0. The zero-order valence-corrected chi connectivity index (χ0v) is 6.73. The molecule has 0 aliphatic carbocycles. The highest BCUT2D eigenvalue weighted by Crippen LogP contribution is 2.21. The second-order valence-corrected chi connectivity index (χ2v) is 2.39. The van der Waals surface area contributed by atoms with Gasteiger partial charge in [0.25, 0.3) is 0 Å². The normalized spacial score (nSPS) is 10.2. The van der Waals surface area contributed by atoms with Crippen LogP contribution in [0.25, 0.3) is 0 Å². The van der Waals surface area contributed by atoms with Crippen molar-refractivity contribution in [3.8, 4) is 0 Å². The number of nitrogens with zero attached hydrogens (tertiary/aromatic N) is 3. The number of nitro groups is 1. The number of halogens is 1. The van der Waals surface area contributed by atoms with E-state index in [1.54, 1.807) is 0 Å². The minimum atomic E-state index is -0.670. The molecule has 6 nitrogen and oxygen atoms in total. The third kappa shape index (κ3) is 1.54. The van der Waals surface area contributed by atoms with Gasteiger partial charge in [-0.1, -0.05) is 11.6 Å². The minimum absolute atomic E-state index is 0.0611. The quantitative estimate of drug-likeness (QED) is 0.555. The van der Waals surface area contributed by atoms with Crippen molar-refractivity contribution in [1.82, 2.24) is 9.55 Å². The summed E-state index contributed by atoms with van der Waals surface area (Å²) >= 11 is 5.55. The van der Waals surface area contributed by atoms with Crippen LogP contribution in [0, 0.1) is 10.1 Å². The Morgan fingerprint density at radius 1 is 1.83 bits per heavy atom. The number of aliphatic hydroxyl groups is 1. The molecular formula is C5H6ClN3O3. The first-order valence-electron chi connectivity index (χ1n) is 3.12. The smallest absolute Gasteiger partial charge is 0.395 e. The van der Waals surface area contributed by atoms with Crippen molar-refractivity contribution in [2.75, 3.05) is 6.61 Å². The molecule has 0 amide bonds. The lowest BCUT2D eigenvalue weighted by Gasteiger charge is -1.96. The van der Waals surface area contributed by atoms with Crippen LogP contribution in [-0.4, -0.2) is 26.2 Å². The number of hydrogen-bond acceptors (Lipinski definition) is 4. The Kier molecular flexibility index (Phi) is 2.61. The second kappa shape index (κ2) is 3.51. The summed E-state index contributed by atoms with van der Waals surface area (Å²) in [6.07, 6.45) is 1.22. The van der Waals surface area contributed by atoms with Crippen LogP contribution in [0.5, 0.6) is 0 Å². The molecule has 1 rings (SSSR count). The van der Waals surface area contributed by atoms with Crippen LogP contribution in [-0.2, 0) is 6.54 Å². The maximum absolute atomic E-state index is 10.2. The number of aromatic nitrogens is 2. The lowest BCUT2D eigenvalue weighted by molar-refractivity contribution is -0.389. The molecule has 0 unspecified atom stereocenters. The second-order valence-electron chi connectivity index (χ2n) is 2.03. The minimum Gasteiger partial charge on any atom is -0.395 e. The average molecular weight is 192 g/mol. The molecule has 0 saturated heterocycles. The highest BCUT2D eigenvalue weighted by molar-refractivity contribution is 6.31. The topological polar surface area (TPSA) is 81.2 Å². The van der Waals surface area contributed by atoms with E-state index in [1.165, 1.54) is 10.9 Å². The Labute approximate surface area is 72.6 Å². The molecule has 0 atom stereocenters. The molecule has 0 saturated carbocycles. The molecule has 0 bridgehead atoms. The fourth-order valence-electron chi connectivity index (χ4n) is 0.743. The number of hydrogen-bond donors (Lipinski definition) is 1. The van der Waals surface area contributed by atoms with E-state index in [9.17, 15) is 10.1 Å². The average Bonchev–Trinajstić information content (AvgIpc) is 2.34. The van der Waals surface area contributed by atoms with Crippen LogP contribution < -0.4 is 0 Å². The Bertz CT molecular complexity index is 298. The first-order chi connectivity index (χ1) is 5.66. The Morgan fingerprint density at radius 3 is 2.92 bits per heavy atom. The zero-order valence-electron chi connectivity index (χ0n) is 5.97. The molecule has 0 spiro atoms. The maximum Gasteiger partial charge on any atom is 0.401 e. The molecular weight excluding hydrogens is 186 g/mol. The first kappa shape index (κ1) is 8.95. The Hall–Kier alpha value is -1.14. The van der Waals surface area contributed by atoms with E-state index in [0.29, 0.717) is 0 Å². The Morgan fingerprint density at radius 2 is 2.50 bits per heavy atom. The molecule has 0 radical (unpaired) electrons. The van der Waals surface area contributed by atoms with Gasteiger partial charge in [0.05, 0.1) is 13.2 Å². The van der Waals surface area contributed by atoms with Crippen molar-refractivity contribution in [3.63, 3.8) is 0 Å². The van der Waals surface area contributed by atoms with E-state index >= 15 is 0 Å². The number of rotatable bonds is 3. The largest absolute Gasteiger partial charge is 0.401 e. The molecule has 1 aromatic rings. The fraction of sp³-hybridized carbons (Fsp3) is 0.400. The van der Waals surface area contributed by atoms with Gasteiger partial charge < -0.3 is 15.2 Å². The van der Waals surface area contributed by atoms with Gasteiger partial charge in [-0.25, -0.2) is 0 Å². The predicted molar refractivity (Wildman–Crippen MR) is 41.0 cm³/mol. The summed E-state index contributed by atoms with van der Waals surface area (Å²) < 4.78 is 1.31. The fourth-order valence-corrected chi connectivity index (χ4v) is 0.989. The van der Waals surface area contributed by atoms with Crippen molar-refractivity contribution < 1.29 is 10.0 Å². The molecule has 12 heavy (non-hydrogen) atoms. The van der Waals surface area contributed by atoms with Gasteiger partial charge in [-0.3, -0.25) is 4.57 Å². The van der Waals surface area contributed by atoms with Gasteiger partial charge in [-0.15, -0.1) is 0 Å². The number of imidazole rings is 1. The highest BCUT2D eigenvalue weighted by Gasteiger charge is 2.18. The summed E-state index contributed by atoms with van der Waals surface area (Å²) in [5.74, 6) is -0.384. The van der Waals surface area contributed by atoms with Crippen molar-refractivity contribution in [2.24, 2.45) is 0 Å². The van der Waals surface area contributed by atoms with E-state index in [2.05, 4.69) is 4.98 Å². The van der Waals surface area contributed by atoms with E-state index in [-0.39, 0.29) is 24.1 Å². The first-order valence-corrected chi connectivity index (χ1v) is 3.50. The van der Waals surface area contributed by atoms with E-state index in [4.69, 9.17) is 16.7 Å². The number of aliphatic hydroxyl groups excluding tert-OH is 1. The molecule has 66 valence electrons. The standard InChI is InChI=1S/C5H6ClN3O3/c6-4-5(9(11)12)7-3-8(4)1-2-10/h3,10H,1-2H2. The molecule has 7 heteroatoms. The monoisotopic (exact) mass is 191 g/mol. The lowest BCUT2D eigenvalue weighted by Crippen LogP contribution is -2.00. The van der Waals surface area contributed by atoms with E-state index in [0.717, 1.165) is 0 Å². The Balaban J connectivity index is 2.96. The van der Waals surface area contributed by atoms with Gasteiger partial charge in [0.15, 0.2) is 0 Å². The van der Waals surface area contributed by atoms with Gasteiger partial charge in [-0.05, 0) is 9.91 Å².